The molecule has 0 aromatic heterocycles. The number of carbonyl (C=O) groups is 1. The first-order valence-electron chi connectivity index (χ1n) is 7.12. The van der Waals surface area contributed by atoms with E-state index in [1.807, 2.05) is 24.3 Å². The number of hydrogen-bond acceptors (Lipinski definition) is 2. The monoisotopic (exact) mass is 321 g/mol. The quantitative estimate of drug-likeness (QED) is 0.911. The molecule has 0 bridgehead atoms. The lowest BCUT2D eigenvalue weighted by molar-refractivity contribution is -0.137. The number of anilines is 1. The number of ether oxygens (including phenoxy) is 1. The van der Waals surface area contributed by atoms with E-state index in [9.17, 15) is 18.0 Å². The summed E-state index contributed by atoms with van der Waals surface area (Å²) in [5, 5.41) is 2.63. The van der Waals surface area contributed by atoms with Crippen molar-refractivity contribution in [1.29, 1.82) is 0 Å². The zero-order valence-corrected chi connectivity index (χ0v) is 12.1. The minimum absolute atomic E-state index is 0.253. The zero-order valence-electron chi connectivity index (χ0n) is 12.1. The fourth-order valence-corrected chi connectivity index (χ4v) is 2.48. The summed E-state index contributed by atoms with van der Waals surface area (Å²) < 4.78 is 43.1. The number of para-hydroxylation sites is 1. The van der Waals surface area contributed by atoms with Crippen LogP contribution in [-0.4, -0.2) is 12.5 Å². The Kier molecular flexibility index (Phi) is 3.98. The van der Waals surface area contributed by atoms with Crippen molar-refractivity contribution in [3.05, 3.63) is 59.7 Å². The summed E-state index contributed by atoms with van der Waals surface area (Å²) >= 11 is 0. The summed E-state index contributed by atoms with van der Waals surface area (Å²) in [7, 11) is 0. The molecule has 0 aliphatic carbocycles. The second kappa shape index (κ2) is 5.95. The van der Waals surface area contributed by atoms with Gasteiger partial charge in [-0.2, -0.15) is 13.2 Å². The molecule has 0 spiro atoms. The van der Waals surface area contributed by atoms with Gasteiger partial charge < -0.3 is 10.1 Å². The Morgan fingerprint density at radius 2 is 1.78 bits per heavy atom. The van der Waals surface area contributed by atoms with E-state index in [2.05, 4.69) is 5.32 Å². The van der Waals surface area contributed by atoms with Crippen LogP contribution >= 0.6 is 0 Å². The van der Waals surface area contributed by atoms with Crippen molar-refractivity contribution in [3.8, 4) is 5.75 Å². The Bertz CT molecular complexity index is 711. The van der Waals surface area contributed by atoms with E-state index in [0.717, 1.165) is 23.4 Å². The summed E-state index contributed by atoms with van der Waals surface area (Å²) in [6.07, 6.45) is -3.84. The van der Waals surface area contributed by atoms with Gasteiger partial charge in [0.1, 0.15) is 12.4 Å². The number of halogens is 3. The number of rotatable bonds is 2. The topological polar surface area (TPSA) is 38.3 Å². The maximum atomic E-state index is 12.5. The summed E-state index contributed by atoms with van der Waals surface area (Å²) in [4.78, 5) is 12.2. The predicted molar refractivity (Wildman–Crippen MR) is 79.2 cm³/mol. The van der Waals surface area contributed by atoms with E-state index in [4.69, 9.17) is 4.74 Å². The fourth-order valence-electron chi connectivity index (χ4n) is 2.48. The fraction of sp³-hybridized carbons (Fsp3) is 0.235. The molecule has 1 aliphatic rings. The number of benzene rings is 2. The second-order valence-corrected chi connectivity index (χ2v) is 5.38. The molecule has 1 amide bonds. The third-order valence-electron chi connectivity index (χ3n) is 3.73. The van der Waals surface area contributed by atoms with Crippen LogP contribution in [0.2, 0.25) is 0 Å². The molecule has 120 valence electrons. The summed E-state index contributed by atoms with van der Waals surface area (Å²) in [5.74, 6) is 0.137. The first kappa shape index (κ1) is 15.4. The number of nitrogens with one attached hydrogen (secondary N) is 1. The van der Waals surface area contributed by atoms with Crippen LogP contribution in [-0.2, 0) is 17.4 Å². The van der Waals surface area contributed by atoms with E-state index in [1.54, 1.807) is 0 Å². The highest BCUT2D eigenvalue weighted by molar-refractivity contribution is 5.93. The highest BCUT2D eigenvalue weighted by Gasteiger charge is 2.30. The Morgan fingerprint density at radius 1 is 1.09 bits per heavy atom. The lowest BCUT2D eigenvalue weighted by Crippen LogP contribution is -2.32. The average Bonchev–Trinajstić information content (AvgIpc) is 2.54. The first-order valence-corrected chi connectivity index (χ1v) is 7.12. The summed E-state index contributed by atoms with van der Waals surface area (Å²) in [6, 6.07) is 11.9. The molecule has 1 heterocycles. The molecule has 1 atom stereocenters. The minimum atomic E-state index is -4.39. The Morgan fingerprint density at radius 3 is 2.48 bits per heavy atom. The summed E-state index contributed by atoms with van der Waals surface area (Å²) in [6.45, 7) is 0.253. The molecule has 0 unspecified atom stereocenters. The molecule has 6 heteroatoms. The van der Waals surface area contributed by atoms with Crippen LogP contribution < -0.4 is 10.1 Å². The van der Waals surface area contributed by atoms with Gasteiger partial charge in [-0.05, 0) is 42.3 Å². The third-order valence-corrected chi connectivity index (χ3v) is 3.73. The van der Waals surface area contributed by atoms with Crippen molar-refractivity contribution in [1.82, 2.24) is 0 Å². The second-order valence-electron chi connectivity index (χ2n) is 5.38. The number of hydrogen-bond donors (Lipinski definition) is 1. The van der Waals surface area contributed by atoms with Crippen LogP contribution in [0.25, 0.3) is 0 Å². The van der Waals surface area contributed by atoms with Crippen LogP contribution in [0.15, 0.2) is 48.5 Å². The van der Waals surface area contributed by atoms with Crippen LogP contribution in [0.5, 0.6) is 5.75 Å². The molecular formula is C17H14F3NO2. The van der Waals surface area contributed by atoms with Gasteiger partial charge in [0, 0.05) is 5.69 Å². The van der Waals surface area contributed by atoms with E-state index in [1.165, 1.54) is 12.1 Å². The smallest absolute Gasteiger partial charge is 0.416 e. The molecule has 0 radical (unpaired) electrons. The standard InChI is InChI=1S/C17H14F3NO2/c18-17(19,20)13-5-7-14(8-6-13)21-16(22)12-9-11-3-1-2-4-15(11)23-10-12/h1-8,12H,9-10H2,(H,21,22)/t12-/m1/s1. The van der Waals surface area contributed by atoms with Gasteiger partial charge in [0.25, 0.3) is 0 Å². The molecule has 2 aromatic rings. The van der Waals surface area contributed by atoms with E-state index >= 15 is 0 Å². The highest BCUT2D eigenvalue weighted by atomic mass is 19.4. The van der Waals surface area contributed by atoms with Crippen LogP contribution in [0, 0.1) is 5.92 Å². The van der Waals surface area contributed by atoms with Crippen molar-refractivity contribution in [2.45, 2.75) is 12.6 Å². The SMILES string of the molecule is O=C(Nc1ccc(C(F)(F)F)cc1)[C@H]1COc2ccccc2C1. The minimum Gasteiger partial charge on any atom is -0.492 e. The first-order chi connectivity index (χ1) is 10.9. The van der Waals surface area contributed by atoms with E-state index in [0.29, 0.717) is 12.1 Å². The lowest BCUT2D eigenvalue weighted by atomic mass is 9.96. The Hall–Kier alpha value is -2.50. The van der Waals surface area contributed by atoms with Gasteiger partial charge in [-0.25, -0.2) is 0 Å². The number of amides is 1. The maximum absolute atomic E-state index is 12.5. The lowest BCUT2D eigenvalue weighted by Gasteiger charge is -2.24. The van der Waals surface area contributed by atoms with Crippen molar-refractivity contribution in [2.75, 3.05) is 11.9 Å². The Balaban J connectivity index is 1.66. The van der Waals surface area contributed by atoms with Crippen LogP contribution in [0.1, 0.15) is 11.1 Å². The molecule has 23 heavy (non-hydrogen) atoms. The van der Waals surface area contributed by atoms with Crippen LogP contribution in [0.4, 0.5) is 18.9 Å². The van der Waals surface area contributed by atoms with Crippen molar-refractivity contribution in [2.24, 2.45) is 5.92 Å². The van der Waals surface area contributed by atoms with Gasteiger partial charge >= 0.3 is 6.18 Å². The van der Waals surface area contributed by atoms with E-state index < -0.39 is 11.7 Å². The third kappa shape index (κ3) is 3.47. The highest BCUT2D eigenvalue weighted by Crippen LogP contribution is 2.30. The molecule has 0 saturated carbocycles. The van der Waals surface area contributed by atoms with Crippen molar-refractivity contribution >= 4 is 11.6 Å². The molecule has 1 N–H and O–H groups in total. The maximum Gasteiger partial charge on any atom is 0.416 e. The number of alkyl halides is 3. The zero-order chi connectivity index (χ0) is 16.4. The molecule has 0 fully saturated rings. The number of fused-ring (bicyclic) bond motifs is 1. The van der Waals surface area contributed by atoms with Crippen molar-refractivity contribution in [3.63, 3.8) is 0 Å². The molecular weight excluding hydrogens is 307 g/mol. The Labute approximate surface area is 131 Å². The molecule has 0 saturated heterocycles. The van der Waals surface area contributed by atoms with Gasteiger partial charge in [0.2, 0.25) is 5.91 Å². The molecule has 2 aromatic carbocycles. The number of carbonyl (C=O) groups excluding carboxylic acids is 1. The van der Waals surface area contributed by atoms with Gasteiger partial charge in [0.05, 0.1) is 11.5 Å². The van der Waals surface area contributed by atoms with Crippen molar-refractivity contribution < 1.29 is 22.7 Å². The normalized spacial score (nSPS) is 17.1. The molecule has 3 rings (SSSR count). The van der Waals surface area contributed by atoms with E-state index in [-0.39, 0.29) is 18.4 Å². The van der Waals surface area contributed by atoms with Gasteiger partial charge in [0.15, 0.2) is 0 Å². The predicted octanol–water partition coefficient (Wildman–Crippen LogP) is 3.90. The van der Waals surface area contributed by atoms with Gasteiger partial charge in [-0.15, -0.1) is 0 Å². The average molecular weight is 321 g/mol. The summed E-state index contributed by atoms with van der Waals surface area (Å²) in [5.41, 5.74) is 0.540. The van der Waals surface area contributed by atoms with Crippen LogP contribution in [0.3, 0.4) is 0 Å². The largest absolute Gasteiger partial charge is 0.492 e. The molecule has 1 aliphatic heterocycles. The van der Waals surface area contributed by atoms with Gasteiger partial charge in [-0.1, -0.05) is 18.2 Å². The molecule has 3 nitrogen and oxygen atoms in total. The van der Waals surface area contributed by atoms with Gasteiger partial charge in [-0.3, -0.25) is 4.79 Å².